The molecule has 106 valence electrons. The molecule has 19 heavy (non-hydrogen) atoms. The molecule has 0 saturated heterocycles. The van der Waals surface area contributed by atoms with Gasteiger partial charge < -0.3 is 10.5 Å². The number of carbonyl (C=O) groups excluding carboxylic acids is 1. The molecule has 0 aromatic heterocycles. The first-order valence-electron chi connectivity index (χ1n) is 5.90. The van der Waals surface area contributed by atoms with Gasteiger partial charge in [-0.2, -0.15) is 0 Å². The molecule has 0 fully saturated rings. The highest BCUT2D eigenvalue weighted by atomic mass is 19.1. The Morgan fingerprint density at radius 3 is 2.63 bits per heavy atom. The zero-order valence-corrected chi connectivity index (χ0v) is 11.2. The predicted molar refractivity (Wildman–Crippen MR) is 67.7 cm³/mol. The van der Waals surface area contributed by atoms with Gasteiger partial charge in [0.15, 0.2) is 11.6 Å². The Morgan fingerprint density at radius 1 is 1.47 bits per heavy atom. The lowest BCUT2D eigenvalue weighted by Gasteiger charge is -2.29. The maximum absolute atomic E-state index is 13.4. The van der Waals surface area contributed by atoms with Crippen LogP contribution in [-0.2, 0) is 4.79 Å². The third kappa shape index (κ3) is 4.17. The van der Waals surface area contributed by atoms with E-state index in [0.717, 1.165) is 18.2 Å². The number of halogens is 2. The summed E-state index contributed by atoms with van der Waals surface area (Å²) in [4.78, 5) is 11.4. The Morgan fingerprint density at radius 2 is 2.11 bits per heavy atom. The minimum atomic E-state index is -1.16. The molecule has 1 unspecified atom stereocenters. The number of carbonyl (C=O) groups is 1. The zero-order chi connectivity index (χ0) is 14.6. The second-order valence-electron chi connectivity index (χ2n) is 4.86. The van der Waals surface area contributed by atoms with E-state index in [2.05, 4.69) is 5.32 Å². The molecule has 1 amide bonds. The van der Waals surface area contributed by atoms with Gasteiger partial charge in [0, 0.05) is 12.1 Å². The van der Waals surface area contributed by atoms with Crippen LogP contribution in [0.2, 0.25) is 0 Å². The van der Waals surface area contributed by atoms with Crippen molar-refractivity contribution in [2.75, 3.05) is 6.61 Å². The first kappa shape index (κ1) is 15.4. The SMILES string of the molecule is CC(C)NC(C)(COc1cc(F)ccc1F)C(N)=O. The lowest BCUT2D eigenvalue weighted by molar-refractivity contribution is -0.125. The third-order valence-corrected chi connectivity index (χ3v) is 2.56. The number of ether oxygens (including phenoxy) is 1. The van der Waals surface area contributed by atoms with E-state index in [0.29, 0.717) is 0 Å². The molecule has 4 nitrogen and oxygen atoms in total. The van der Waals surface area contributed by atoms with Crippen LogP contribution in [0.25, 0.3) is 0 Å². The van der Waals surface area contributed by atoms with Crippen LogP contribution in [0.1, 0.15) is 20.8 Å². The standard InChI is InChI=1S/C13H18F2N2O2/c1-8(2)17-13(3,12(16)18)7-19-11-6-9(14)4-5-10(11)15/h4-6,8,17H,7H2,1-3H3,(H2,16,18). The maximum Gasteiger partial charge on any atom is 0.240 e. The van der Waals surface area contributed by atoms with Crippen LogP contribution in [0.4, 0.5) is 8.78 Å². The van der Waals surface area contributed by atoms with Gasteiger partial charge in [0.1, 0.15) is 18.0 Å². The topological polar surface area (TPSA) is 64.3 Å². The van der Waals surface area contributed by atoms with Gasteiger partial charge in [0.25, 0.3) is 0 Å². The Balaban J connectivity index is 2.82. The molecule has 0 aliphatic rings. The van der Waals surface area contributed by atoms with Crippen molar-refractivity contribution in [3.8, 4) is 5.75 Å². The molecule has 0 radical (unpaired) electrons. The van der Waals surface area contributed by atoms with Crippen molar-refractivity contribution in [2.24, 2.45) is 5.73 Å². The van der Waals surface area contributed by atoms with Gasteiger partial charge in [-0.25, -0.2) is 8.78 Å². The molecule has 3 N–H and O–H groups in total. The summed E-state index contributed by atoms with van der Waals surface area (Å²) in [6.07, 6.45) is 0. The molecular formula is C13H18F2N2O2. The second-order valence-corrected chi connectivity index (χ2v) is 4.86. The third-order valence-electron chi connectivity index (χ3n) is 2.56. The fraction of sp³-hybridized carbons (Fsp3) is 0.462. The lowest BCUT2D eigenvalue weighted by atomic mass is 10.0. The number of hydrogen-bond acceptors (Lipinski definition) is 3. The Hall–Kier alpha value is -1.69. The van der Waals surface area contributed by atoms with Gasteiger partial charge in [-0.3, -0.25) is 10.1 Å². The smallest absolute Gasteiger partial charge is 0.240 e. The molecular weight excluding hydrogens is 254 g/mol. The number of primary amides is 1. The van der Waals surface area contributed by atoms with Crippen molar-refractivity contribution in [1.29, 1.82) is 0 Å². The number of nitrogens with two attached hydrogens (primary N) is 1. The van der Waals surface area contributed by atoms with Gasteiger partial charge in [-0.05, 0) is 32.9 Å². The summed E-state index contributed by atoms with van der Waals surface area (Å²) >= 11 is 0. The summed E-state index contributed by atoms with van der Waals surface area (Å²) in [5.41, 5.74) is 4.14. The van der Waals surface area contributed by atoms with Crippen LogP contribution in [0.15, 0.2) is 18.2 Å². The maximum atomic E-state index is 13.4. The minimum Gasteiger partial charge on any atom is -0.488 e. The first-order chi connectivity index (χ1) is 8.74. The van der Waals surface area contributed by atoms with E-state index in [9.17, 15) is 13.6 Å². The number of amides is 1. The summed E-state index contributed by atoms with van der Waals surface area (Å²) in [5.74, 6) is -2.19. The van der Waals surface area contributed by atoms with Crippen molar-refractivity contribution in [3.05, 3.63) is 29.8 Å². The van der Waals surface area contributed by atoms with Crippen molar-refractivity contribution >= 4 is 5.91 Å². The molecule has 1 rings (SSSR count). The van der Waals surface area contributed by atoms with Crippen LogP contribution < -0.4 is 15.8 Å². The van der Waals surface area contributed by atoms with E-state index in [1.54, 1.807) is 6.92 Å². The molecule has 0 aliphatic heterocycles. The highest BCUT2D eigenvalue weighted by Gasteiger charge is 2.32. The molecule has 0 saturated carbocycles. The summed E-state index contributed by atoms with van der Waals surface area (Å²) in [6, 6.07) is 2.86. The fourth-order valence-corrected chi connectivity index (χ4v) is 1.63. The Kier molecular flexibility index (Phi) is 4.83. The molecule has 0 aliphatic carbocycles. The van der Waals surface area contributed by atoms with E-state index < -0.39 is 23.1 Å². The Bertz CT molecular complexity index is 466. The summed E-state index contributed by atoms with van der Waals surface area (Å²) < 4.78 is 31.5. The average molecular weight is 272 g/mol. The summed E-state index contributed by atoms with van der Waals surface area (Å²) in [7, 11) is 0. The van der Waals surface area contributed by atoms with Crippen molar-refractivity contribution in [1.82, 2.24) is 5.32 Å². The van der Waals surface area contributed by atoms with Crippen molar-refractivity contribution in [2.45, 2.75) is 32.4 Å². The molecule has 6 heteroatoms. The molecule has 1 atom stereocenters. The van der Waals surface area contributed by atoms with Crippen LogP contribution in [0, 0.1) is 11.6 Å². The zero-order valence-electron chi connectivity index (χ0n) is 11.2. The molecule has 0 bridgehead atoms. The summed E-state index contributed by atoms with van der Waals surface area (Å²) in [5, 5.41) is 2.94. The van der Waals surface area contributed by atoms with E-state index >= 15 is 0 Å². The monoisotopic (exact) mass is 272 g/mol. The summed E-state index contributed by atoms with van der Waals surface area (Å²) in [6.45, 7) is 5.03. The van der Waals surface area contributed by atoms with Crippen LogP contribution in [-0.4, -0.2) is 24.1 Å². The normalized spacial score (nSPS) is 14.2. The van der Waals surface area contributed by atoms with Crippen LogP contribution in [0.3, 0.4) is 0 Å². The highest BCUT2D eigenvalue weighted by molar-refractivity contribution is 5.84. The number of nitrogens with one attached hydrogen (secondary N) is 1. The molecule has 0 spiro atoms. The van der Waals surface area contributed by atoms with Gasteiger partial charge in [-0.1, -0.05) is 0 Å². The van der Waals surface area contributed by atoms with Gasteiger partial charge in [0.2, 0.25) is 5.91 Å². The molecule has 1 aromatic carbocycles. The lowest BCUT2D eigenvalue weighted by Crippen LogP contribution is -2.59. The minimum absolute atomic E-state index is 0.0153. The number of benzene rings is 1. The highest BCUT2D eigenvalue weighted by Crippen LogP contribution is 2.19. The van der Waals surface area contributed by atoms with Gasteiger partial charge in [-0.15, -0.1) is 0 Å². The molecule has 1 aromatic rings. The van der Waals surface area contributed by atoms with E-state index in [4.69, 9.17) is 10.5 Å². The number of hydrogen-bond donors (Lipinski definition) is 2. The molecule has 0 heterocycles. The Labute approximate surface area is 110 Å². The quantitative estimate of drug-likeness (QED) is 0.826. The van der Waals surface area contributed by atoms with Crippen LogP contribution >= 0.6 is 0 Å². The van der Waals surface area contributed by atoms with Crippen LogP contribution in [0.5, 0.6) is 5.75 Å². The predicted octanol–water partition coefficient (Wildman–Crippen LogP) is 1.59. The largest absolute Gasteiger partial charge is 0.488 e. The van der Waals surface area contributed by atoms with Crippen molar-refractivity contribution < 1.29 is 18.3 Å². The average Bonchev–Trinajstić information content (AvgIpc) is 2.29. The first-order valence-corrected chi connectivity index (χ1v) is 5.90. The van der Waals surface area contributed by atoms with E-state index in [1.807, 2.05) is 13.8 Å². The second kappa shape index (κ2) is 5.97. The number of rotatable bonds is 6. The van der Waals surface area contributed by atoms with E-state index in [-0.39, 0.29) is 18.4 Å². The van der Waals surface area contributed by atoms with Gasteiger partial charge >= 0.3 is 0 Å². The van der Waals surface area contributed by atoms with E-state index in [1.165, 1.54) is 0 Å². The fourth-order valence-electron chi connectivity index (χ4n) is 1.63. The van der Waals surface area contributed by atoms with Crippen molar-refractivity contribution in [3.63, 3.8) is 0 Å². The van der Waals surface area contributed by atoms with Gasteiger partial charge in [0.05, 0.1) is 0 Å².